The maximum Gasteiger partial charge on any atom is 0.329 e. The molecule has 150 valence electrons. The molecule has 0 bridgehead atoms. The van der Waals surface area contributed by atoms with Crippen molar-refractivity contribution in [1.82, 2.24) is 10.2 Å². The Bertz CT molecular complexity index is 1000. The molecule has 2 aromatic carbocycles. The van der Waals surface area contributed by atoms with Crippen LogP contribution in [0.1, 0.15) is 11.1 Å². The number of carbonyl (C=O) groups excluding carboxylic acids is 2. The van der Waals surface area contributed by atoms with Crippen molar-refractivity contribution in [2.45, 2.75) is 6.61 Å². The number of rotatable bonds is 7. The lowest BCUT2D eigenvalue weighted by molar-refractivity contribution is -0.140. The minimum Gasteiger partial charge on any atom is -0.493 e. The van der Waals surface area contributed by atoms with Crippen molar-refractivity contribution in [3.8, 4) is 11.5 Å². The van der Waals surface area contributed by atoms with Gasteiger partial charge in [-0.05, 0) is 41.5 Å². The summed E-state index contributed by atoms with van der Waals surface area (Å²) in [5.41, 5.74) is 1.13. The molecule has 0 aliphatic carbocycles. The van der Waals surface area contributed by atoms with Gasteiger partial charge in [0.1, 0.15) is 24.7 Å². The third-order valence-electron chi connectivity index (χ3n) is 4.04. The van der Waals surface area contributed by atoms with Crippen LogP contribution in [0.4, 0.5) is 9.18 Å². The van der Waals surface area contributed by atoms with Crippen LogP contribution in [0.15, 0.2) is 48.2 Å². The summed E-state index contributed by atoms with van der Waals surface area (Å²) in [6.07, 6.45) is 1.40. The minimum atomic E-state index is -1.30. The second-order valence-electron chi connectivity index (χ2n) is 6.10. The summed E-state index contributed by atoms with van der Waals surface area (Å²) >= 11 is 0. The molecule has 1 fully saturated rings. The molecule has 0 atom stereocenters. The molecule has 1 heterocycles. The van der Waals surface area contributed by atoms with Crippen LogP contribution >= 0.6 is 0 Å². The number of carboxylic acids is 1. The van der Waals surface area contributed by atoms with Crippen molar-refractivity contribution in [2.24, 2.45) is 0 Å². The highest BCUT2D eigenvalue weighted by atomic mass is 19.1. The summed E-state index contributed by atoms with van der Waals surface area (Å²) in [5.74, 6) is -1.61. The minimum absolute atomic E-state index is 0.0493. The molecule has 0 unspecified atom stereocenters. The van der Waals surface area contributed by atoms with E-state index in [2.05, 4.69) is 5.32 Å². The number of methoxy groups -OCH3 is 1. The summed E-state index contributed by atoms with van der Waals surface area (Å²) < 4.78 is 24.2. The number of urea groups is 1. The van der Waals surface area contributed by atoms with Crippen LogP contribution in [0, 0.1) is 5.82 Å². The summed E-state index contributed by atoms with van der Waals surface area (Å²) in [7, 11) is 1.44. The molecular formula is C20H17FN2O6. The van der Waals surface area contributed by atoms with E-state index in [-0.39, 0.29) is 18.1 Å². The number of nitrogens with zero attached hydrogens (tertiary/aromatic N) is 1. The molecule has 1 saturated heterocycles. The summed E-state index contributed by atoms with van der Waals surface area (Å²) in [5, 5.41) is 11.1. The van der Waals surface area contributed by atoms with Crippen LogP contribution in [0.2, 0.25) is 0 Å². The zero-order valence-electron chi connectivity index (χ0n) is 15.3. The van der Waals surface area contributed by atoms with Crippen LogP contribution in [0.3, 0.4) is 0 Å². The average Bonchev–Trinajstić information content (AvgIpc) is 2.94. The van der Waals surface area contributed by atoms with Crippen molar-refractivity contribution in [3.63, 3.8) is 0 Å². The van der Waals surface area contributed by atoms with E-state index in [0.717, 1.165) is 0 Å². The Hall–Kier alpha value is -3.88. The highest BCUT2D eigenvalue weighted by Crippen LogP contribution is 2.30. The first-order chi connectivity index (χ1) is 13.9. The Labute approximate surface area is 165 Å². The van der Waals surface area contributed by atoms with Gasteiger partial charge in [-0.15, -0.1) is 0 Å². The van der Waals surface area contributed by atoms with E-state index in [0.29, 0.717) is 27.5 Å². The number of amides is 3. The Balaban J connectivity index is 1.76. The average molecular weight is 400 g/mol. The fourth-order valence-corrected chi connectivity index (χ4v) is 2.70. The van der Waals surface area contributed by atoms with Gasteiger partial charge in [0.2, 0.25) is 0 Å². The Morgan fingerprint density at radius 1 is 1.21 bits per heavy atom. The summed E-state index contributed by atoms with van der Waals surface area (Å²) in [4.78, 5) is 35.3. The molecule has 0 spiro atoms. The van der Waals surface area contributed by atoms with Crippen LogP contribution in [-0.2, 0) is 16.2 Å². The molecule has 3 amide bonds. The van der Waals surface area contributed by atoms with E-state index in [1.165, 1.54) is 25.3 Å². The van der Waals surface area contributed by atoms with Crippen LogP contribution in [-0.4, -0.2) is 41.6 Å². The van der Waals surface area contributed by atoms with E-state index in [1.54, 1.807) is 30.3 Å². The molecule has 3 rings (SSSR count). The molecule has 0 radical (unpaired) electrons. The largest absolute Gasteiger partial charge is 0.493 e. The highest BCUT2D eigenvalue weighted by molar-refractivity contribution is 6.15. The number of benzene rings is 2. The van der Waals surface area contributed by atoms with E-state index < -0.39 is 24.5 Å². The van der Waals surface area contributed by atoms with Gasteiger partial charge in [0, 0.05) is 0 Å². The number of halogens is 1. The van der Waals surface area contributed by atoms with Crippen LogP contribution in [0.5, 0.6) is 11.5 Å². The maximum absolute atomic E-state index is 13.3. The fourth-order valence-electron chi connectivity index (χ4n) is 2.70. The number of aliphatic carboxylic acids is 1. The van der Waals surface area contributed by atoms with Crippen molar-refractivity contribution in [2.75, 3.05) is 13.7 Å². The number of imide groups is 1. The number of hydrogen-bond donors (Lipinski definition) is 2. The number of nitrogens with one attached hydrogen (secondary N) is 1. The van der Waals surface area contributed by atoms with Gasteiger partial charge >= 0.3 is 12.0 Å². The van der Waals surface area contributed by atoms with Crippen LogP contribution < -0.4 is 14.8 Å². The first-order valence-electron chi connectivity index (χ1n) is 8.49. The van der Waals surface area contributed by atoms with Gasteiger partial charge in [-0.25, -0.2) is 14.1 Å². The number of carbonyl (C=O) groups is 3. The molecule has 2 N–H and O–H groups in total. The van der Waals surface area contributed by atoms with Gasteiger partial charge in [0.25, 0.3) is 5.91 Å². The van der Waals surface area contributed by atoms with Crippen molar-refractivity contribution in [3.05, 3.63) is 65.1 Å². The summed E-state index contributed by atoms with van der Waals surface area (Å²) in [6.45, 7) is -0.592. The van der Waals surface area contributed by atoms with E-state index in [1.807, 2.05) is 0 Å². The van der Waals surface area contributed by atoms with Gasteiger partial charge in [0.05, 0.1) is 7.11 Å². The maximum atomic E-state index is 13.3. The molecule has 0 aromatic heterocycles. The number of ether oxygens (including phenoxy) is 2. The normalized spacial score (nSPS) is 14.8. The second-order valence-corrected chi connectivity index (χ2v) is 6.10. The van der Waals surface area contributed by atoms with E-state index in [9.17, 15) is 18.8 Å². The van der Waals surface area contributed by atoms with Crippen molar-refractivity contribution < 1.29 is 33.4 Å². The molecule has 29 heavy (non-hydrogen) atoms. The third-order valence-corrected chi connectivity index (χ3v) is 4.04. The SMILES string of the molecule is COc1cc(/C=C2/NC(=O)N(CC(=O)O)C2=O)ccc1OCc1cccc(F)c1. The van der Waals surface area contributed by atoms with E-state index in [4.69, 9.17) is 14.6 Å². The third kappa shape index (κ3) is 4.70. The summed E-state index contributed by atoms with van der Waals surface area (Å²) in [6, 6.07) is 10.1. The number of hydrogen-bond acceptors (Lipinski definition) is 5. The van der Waals surface area contributed by atoms with Crippen molar-refractivity contribution >= 4 is 24.0 Å². The Kier molecular flexibility index (Phi) is 5.77. The molecule has 8 nitrogen and oxygen atoms in total. The Morgan fingerprint density at radius 3 is 2.69 bits per heavy atom. The lowest BCUT2D eigenvalue weighted by Gasteiger charge is -2.11. The molecule has 9 heteroatoms. The molecule has 0 saturated carbocycles. The molecule has 2 aromatic rings. The van der Waals surface area contributed by atoms with Gasteiger partial charge in [0.15, 0.2) is 11.5 Å². The van der Waals surface area contributed by atoms with Gasteiger partial charge in [-0.3, -0.25) is 9.59 Å². The standard InChI is InChI=1S/C20H17FN2O6/c1-28-17-9-12(8-15-19(26)23(10-18(24)25)20(27)22-15)5-6-16(17)29-11-13-3-2-4-14(21)7-13/h2-9H,10-11H2,1H3,(H,22,27)(H,24,25)/b15-8+. The van der Waals surface area contributed by atoms with Gasteiger partial charge in [-0.1, -0.05) is 18.2 Å². The predicted molar refractivity (Wildman–Crippen MR) is 99.6 cm³/mol. The van der Waals surface area contributed by atoms with Gasteiger partial charge in [-0.2, -0.15) is 0 Å². The first-order valence-corrected chi connectivity index (χ1v) is 8.49. The highest BCUT2D eigenvalue weighted by Gasteiger charge is 2.34. The quantitative estimate of drug-likeness (QED) is 0.546. The Morgan fingerprint density at radius 2 is 2.00 bits per heavy atom. The smallest absolute Gasteiger partial charge is 0.329 e. The molecule has 1 aliphatic heterocycles. The lowest BCUT2D eigenvalue weighted by Crippen LogP contribution is -2.35. The lowest BCUT2D eigenvalue weighted by atomic mass is 10.1. The number of carboxylic acid groups (broad SMARTS) is 1. The molecule has 1 aliphatic rings. The zero-order valence-corrected chi connectivity index (χ0v) is 15.3. The monoisotopic (exact) mass is 400 g/mol. The van der Waals surface area contributed by atoms with Gasteiger partial charge < -0.3 is 19.9 Å². The van der Waals surface area contributed by atoms with E-state index >= 15 is 0 Å². The van der Waals surface area contributed by atoms with Crippen LogP contribution in [0.25, 0.3) is 6.08 Å². The molecular weight excluding hydrogens is 383 g/mol. The second kappa shape index (κ2) is 8.42. The first kappa shape index (κ1) is 19.9. The predicted octanol–water partition coefficient (Wildman–Crippen LogP) is 2.39. The zero-order chi connectivity index (χ0) is 21.0. The topological polar surface area (TPSA) is 105 Å². The van der Waals surface area contributed by atoms with Crippen molar-refractivity contribution in [1.29, 1.82) is 0 Å². The fraction of sp³-hybridized carbons (Fsp3) is 0.150.